The van der Waals surface area contributed by atoms with Crippen molar-refractivity contribution < 1.29 is 9.18 Å². The Kier molecular flexibility index (Phi) is 7.35. The van der Waals surface area contributed by atoms with Crippen molar-refractivity contribution in [3.8, 4) is 0 Å². The molecule has 2 nitrogen and oxygen atoms in total. The van der Waals surface area contributed by atoms with Gasteiger partial charge in [-0.3, -0.25) is 4.79 Å². The normalized spacial score (nSPS) is 10.4. The molecule has 5 heteroatoms. The van der Waals surface area contributed by atoms with Crippen LogP contribution < -0.4 is 5.32 Å². The third kappa shape index (κ3) is 5.40. The van der Waals surface area contributed by atoms with Crippen LogP contribution in [-0.2, 0) is 0 Å². The van der Waals surface area contributed by atoms with Crippen molar-refractivity contribution in [2.75, 3.05) is 18.6 Å². The summed E-state index contributed by atoms with van der Waals surface area (Å²) in [5.41, 5.74) is 0.473. The van der Waals surface area contributed by atoms with Crippen LogP contribution in [0.3, 0.4) is 0 Å². The van der Waals surface area contributed by atoms with Gasteiger partial charge < -0.3 is 5.32 Å². The average molecular weight is 334 g/mol. The van der Waals surface area contributed by atoms with Crippen molar-refractivity contribution in [3.63, 3.8) is 0 Å². The first-order valence-electron chi connectivity index (χ1n) is 5.87. The summed E-state index contributed by atoms with van der Waals surface area (Å²) >= 11 is 5.02. The van der Waals surface area contributed by atoms with Gasteiger partial charge in [-0.1, -0.05) is 6.42 Å². The number of thioether (sulfide) groups is 1. The van der Waals surface area contributed by atoms with Crippen molar-refractivity contribution in [1.29, 1.82) is 0 Å². The summed E-state index contributed by atoms with van der Waals surface area (Å²) in [6.45, 7) is 0.664. The molecule has 1 aromatic carbocycles. The van der Waals surface area contributed by atoms with Crippen LogP contribution in [0.5, 0.6) is 0 Å². The smallest absolute Gasteiger partial charge is 0.252 e. The van der Waals surface area contributed by atoms with E-state index in [0.717, 1.165) is 18.6 Å². The summed E-state index contributed by atoms with van der Waals surface area (Å²) in [6.07, 6.45) is 5.36. The highest BCUT2D eigenvalue weighted by Crippen LogP contribution is 2.17. The average Bonchev–Trinajstić information content (AvgIpc) is 2.33. The van der Waals surface area contributed by atoms with E-state index in [1.54, 1.807) is 0 Å². The SMILES string of the molecule is CSCCCCCNC(=O)c1ccc(F)cc1Br. The van der Waals surface area contributed by atoms with E-state index in [4.69, 9.17) is 0 Å². The predicted molar refractivity (Wildman–Crippen MR) is 78.7 cm³/mol. The van der Waals surface area contributed by atoms with Crippen molar-refractivity contribution in [1.82, 2.24) is 5.32 Å². The van der Waals surface area contributed by atoms with E-state index in [1.165, 1.54) is 24.6 Å². The summed E-state index contributed by atoms with van der Waals surface area (Å²) in [4.78, 5) is 11.8. The molecule has 0 aliphatic heterocycles. The second-order valence-electron chi connectivity index (χ2n) is 3.93. The van der Waals surface area contributed by atoms with E-state index in [9.17, 15) is 9.18 Å². The number of halogens is 2. The summed E-state index contributed by atoms with van der Waals surface area (Å²) in [7, 11) is 0. The fourth-order valence-corrected chi connectivity index (χ4v) is 2.54. The van der Waals surface area contributed by atoms with Gasteiger partial charge in [-0.05, 0) is 59.0 Å². The number of unbranched alkanes of at least 4 members (excludes halogenated alkanes) is 2. The maximum Gasteiger partial charge on any atom is 0.252 e. The molecule has 0 heterocycles. The van der Waals surface area contributed by atoms with Gasteiger partial charge in [0.05, 0.1) is 5.56 Å². The Labute approximate surface area is 120 Å². The van der Waals surface area contributed by atoms with E-state index < -0.39 is 0 Å². The summed E-state index contributed by atoms with van der Waals surface area (Å²) < 4.78 is 13.4. The molecule has 1 N–H and O–H groups in total. The molecule has 0 fully saturated rings. The fourth-order valence-electron chi connectivity index (χ4n) is 1.52. The maximum absolute atomic E-state index is 12.9. The molecule has 1 aromatic rings. The Bertz CT molecular complexity index is 401. The Morgan fingerprint density at radius 1 is 1.39 bits per heavy atom. The lowest BCUT2D eigenvalue weighted by atomic mass is 10.2. The highest BCUT2D eigenvalue weighted by atomic mass is 79.9. The number of nitrogens with one attached hydrogen (secondary N) is 1. The molecule has 0 aliphatic carbocycles. The van der Waals surface area contributed by atoms with Crippen LogP contribution in [-0.4, -0.2) is 24.5 Å². The topological polar surface area (TPSA) is 29.1 Å². The molecule has 0 aliphatic rings. The van der Waals surface area contributed by atoms with Crippen LogP contribution in [0.15, 0.2) is 22.7 Å². The zero-order valence-electron chi connectivity index (χ0n) is 10.3. The van der Waals surface area contributed by atoms with Gasteiger partial charge in [0.2, 0.25) is 0 Å². The molecule has 0 saturated carbocycles. The third-order valence-electron chi connectivity index (χ3n) is 2.49. The maximum atomic E-state index is 12.9. The Morgan fingerprint density at radius 2 is 2.17 bits per heavy atom. The third-order valence-corrected chi connectivity index (χ3v) is 3.84. The van der Waals surface area contributed by atoms with E-state index in [-0.39, 0.29) is 11.7 Å². The second-order valence-corrected chi connectivity index (χ2v) is 5.77. The molecule has 0 spiro atoms. The quantitative estimate of drug-likeness (QED) is 0.768. The minimum atomic E-state index is -0.351. The summed E-state index contributed by atoms with van der Waals surface area (Å²) in [5, 5.41) is 2.84. The highest BCUT2D eigenvalue weighted by Gasteiger charge is 2.09. The lowest BCUT2D eigenvalue weighted by Crippen LogP contribution is -2.24. The summed E-state index contributed by atoms with van der Waals surface area (Å²) in [6, 6.07) is 4.08. The first kappa shape index (κ1) is 15.5. The lowest BCUT2D eigenvalue weighted by Gasteiger charge is -2.06. The van der Waals surface area contributed by atoms with Crippen molar-refractivity contribution >= 4 is 33.6 Å². The number of amides is 1. The molecule has 1 amide bonds. The second kappa shape index (κ2) is 8.53. The largest absolute Gasteiger partial charge is 0.352 e. The molecular formula is C13H17BrFNOS. The van der Waals surface area contributed by atoms with Gasteiger partial charge in [0.1, 0.15) is 5.82 Å². The highest BCUT2D eigenvalue weighted by molar-refractivity contribution is 9.10. The predicted octanol–water partition coefficient (Wildman–Crippen LogP) is 3.85. The molecule has 0 bridgehead atoms. The number of carbonyl (C=O) groups is 1. The fraction of sp³-hybridized carbons (Fsp3) is 0.462. The van der Waals surface area contributed by atoms with E-state index in [1.807, 2.05) is 11.8 Å². The van der Waals surface area contributed by atoms with Crippen molar-refractivity contribution in [2.24, 2.45) is 0 Å². The monoisotopic (exact) mass is 333 g/mol. The number of hydrogen-bond donors (Lipinski definition) is 1. The van der Waals surface area contributed by atoms with Crippen molar-refractivity contribution in [2.45, 2.75) is 19.3 Å². The van der Waals surface area contributed by atoms with Crippen LogP contribution in [0, 0.1) is 5.82 Å². The zero-order valence-corrected chi connectivity index (χ0v) is 12.7. The van der Waals surface area contributed by atoms with Gasteiger partial charge in [-0.15, -0.1) is 0 Å². The minimum absolute atomic E-state index is 0.160. The van der Waals surface area contributed by atoms with Crippen LogP contribution in [0.4, 0.5) is 4.39 Å². The Hall–Kier alpha value is -0.550. The number of rotatable bonds is 7. The van der Waals surface area contributed by atoms with Crippen LogP contribution >= 0.6 is 27.7 Å². The van der Waals surface area contributed by atoms with Gasteiger partial charge in [0.25, 0.3) is 5.91 Å². The van der Waals surface area contributed by atoms with E-state index in [0.29, 0.717) is 16.6 Å². The Morgan fingerprint density at radius 3 is 2.83 bits per heavy atom. The lowest BCUT2D eigenvalue weighted by molar-refractivity contribution is 0.0952. The number of hydrogen-bond acceptors (Lipinski definition) is 2. The number of benzene rings is 1. The molecule has 0 saturated heterocycles. The molecule has 0 radical (unpaired) electrons. The molecular weight excluding hydrogens is 317 g/mol. The molecule has 0 unspecified atom stereocenters. The van der Waals surface area contributed by atoms with Gasteiger partial charge >= 0.3 is 0 Å². The van der Waals surface area contributed by atoms with Gasteiger partial charge in [-0.2, -0.15) is 11.8 Å². The van der Waals surface area contributed by atoms with Gasteiger partial charge in [0, 0.05) is 11.0 Å². The van der Waals surface area contributed by atoms with Crippen LogP contribution in [0.2, 0.25) is 0 Å². The van der Waals surface area contributed by atoms with Crippen LogP contribution in [0.1, 0.15) is 29.6 Å². The standard InChI is InChI=1S/C13H17BrFNOS/c1-18-8-4-2-3-7-16-13(17)11-6-5-10(15)9-12(11)14/h5-6,9H,2-4,7-8H2,1H3,(H,16,17). The van der Waals surface area contributed by atoms with Crippen molar-refractivity contribution in [3.05, 3.63) is 34.1 Å². The summed E-state index contributed by atoms with van der Waals surface area (Å²) in [5.74, 6) is 0.652. The van der Waals surface area contributed by atoms with Gasteiger partial charge in [0.15, 0.2) is 0 Å². The molecule has 100 valence electrons. The molecule has 0 aromatic heterocycles. The minimum Gasteiger partial charge on any atom is -0.352 e. The van der Waals surface area contributed by atoms with E-state index in [2.05, 4.69) is 27.5 Å². The van der Waals surface area contributed by atoms with E-state index >= 15 is 0 Å². The first-order chi connectivity index (χ1) is 8.65. The molecule has 0 atom stereocenters. The zero-order chi connectivity index (χ0) is 13.4. The number of carbonyl (C=O) groups excluding carboxylic acids is 1. The molecule has 18 heavy (non-hydrogen) atoms. The molecule has 1 rings (SSSR count). The van der Waals surface area contributed by atoms with Gasteiger partial charge in [-0.25, -0.2) is 4.39 Å². The van der Waals surface area contributed by atoms with Crippen LogP contribution in [0.25, 0.3) is 0 Å². The Balaban J connectivity index is 2.32. The first-order valence-corrected chi connectivity index (χ1v) is 8.06.